The zero-order chi connectivity index (χ0) is 21.4. The number of benzene rings is 2. The highest BCUT2D eigenvalue weighted by molar-refractivity contribution is 6.09. The molecule has 2 heterocycles. The summed E-state index contributed by atoms with van der Waals surface area (Å²) in [5.74, 6) is -1.64. The number of amides is 2. The molecule has 2 atom stereocenters. The minimum absolute atomic E-state index is 0.0877. The van der Waals surface area contributed by atoms with E-state index < -0.39 is 23.9 Å². The number of carbonyl (C=O) groups excluding carboxylic acids is 3. The molecule has 154 valence electrons. The lowest BCUT2D eigenvalue weighted by molar-refractivity contribution is -0.324. The highest BCUT2D eigenvalue weighted by Gasteiger charge is 2.30. The maximum atomic E-state index is 13.4. The molecule has 30 heavy (non-hydrogen) atoms. The normalized spacial score (nSPS) is 20.1. The van der Waals surface area contributed by atoms with Crippen LogP contribution in [0.1, 0.15) is 22.8 Å². The van der Waals surface area contributed by atoms with Gasteiger partial charge in [0.2, 0.25) is 11.8 Å². The lowest BCUT2D eigenvalue weighted by Crippen LogP contribution is -2.51. The second kappa shape index (κ2) is 7.71. The fraction of sp³-hybridized carbons (Fsp3) is 0.190. The molecule has 2 bridgehead atoms. The van der Waals surface area contributed by atoms with Crippen LogP contribution >= 0.6 is 0 Å². The Hall–Kier alpha value is -3.53. The molecule has 1 aliphatic heterocycles. The van der Waals surface area contributed by atoms with Gasteiger partial charge in [0.1, 0.15) is 12.1 Å². The summed E-state index contributed by atoms with van der Waals surface area (Å²) in [6.45, 7) is 1.47. The van der Waals surface area contributed by atoms with Gasteiger partial charge in [0.15, 0.2) is 0 Å². The lowest BCUT2D eigenvalue weighted by Gasteiger charge is -2.22. The number of hydrogen-bond donors (Lipinski definition) is 4. The number of rotatable bonds is 1. The highest BCUT2D eigenvalue weighted by Crippen LogP contribution is 2.26. The maximum absolute atomic E-state index is 13.4. The average Bonchev–Trinajstić information content (AvgIpc) is 3.09. The van der Waals surface area contributed by atoms with Gasteiger partial charge in [0.05, 0.1) is 16.8 Å². The summed E-state index contributed by atoms with van der Waals surface area (Å²) in [5, 5.41) is 25.0. The summed E-state index contributed by atoms with van der Waals surface area (Å²) in [6, 6.07) is 11.4. The molecule has 0 fully saturated rings. The van der Waals surface area contributed by atoms with Crippen molar-refractivity contribution in [1.29, 1.82) is 0 Å². The fourth-order valence-corrected chi connectivity index (χ4v) is 3.59. The van der Waals surface area contributed by atoms with Gasteiger partial charge in [0.25, 0.3) is 5.91 Å². The molecule has 0 spiro atoms. The van der Waals surface area contributed by atoms with Crippen LogP contribution in [0.4, 0.5) is 5.69 Å². The molecule has 4 N–H and O–H groups in total. The number of hydroxylamine groups is 2. The maximum Gasteiger partial charge on any atom is 0.264 e. The minimum atomic E-state index is -1.38. The van der Waals surface area contributed by atoms with Gasteiger partial charge in [-0.2, -0.15) is 0 Å². The summed E-state index contributed by atoms with van der Waals surface area (Å²) < 4.78 is 1.44. The van der Waals surface area contributed by atoms with Crippen LogP contribution in [0, 0.1) is 0 Å². The van der Waals surface area contributed by atoms with Crippen LogP contribution in [-0.2, 0) is 16.0 Å². The molecule has 0 unspecified atom stereocenters. The van der Waals surface area contributed by atoms with Gasteiger partial charge < -0.3 is 10.6 Å². The van der Waals surface area contributed by atoms with Gasteiger partial charge in [-0.1, -0.05) is 35.6 Å². The number of fused-ring (bicyclic) bond motifs is 6. The predicted octanol–water partition coefficient (Wildman–Crippen LogP) is 1.78. The molecule has 4 rings (SSSR count). The van der Waals surface area contributed by atoms with Crippen LogP contribution in [0.2, 0.25) is 0 Å². The number of hydrogen-bond acceptors (Lipinski definition) is 6. The van der Waals surface area contributed by atoms with Crippen molar-refractivity contribution < 1.29 is 24.8 Å². The van der Waals surface area contributed by atoms with Crippen molar-refractivity contribution in [2.24, 2.45) is 0 Å². The average molecular weight is 408 g/mol. The Bertz CT molecular complexity index is 1150. The Morgan fingerprint density at radius 3 is 2.47 bits per heavy atom. The van der Waals surface area contributed by atoms with Gasteiger partial charge in [-0.3, -0.25) is 29.4 Å². The molecule has 3 aromatic rings. The summed E-state index contributed by atoms with van der Waals surface area (Å²) >= 11 is 0. The molecule has 2 amide bonds. The van der Waals surface area contributed by atoms with Crippen LogP contribution in [0.3, 0.4) is 0 Å². The van der Waals surface area contributed by atoms with Crippen molar-refractivity contribution in [3.05, 3.63) is 65.9 Å². The topological polar surface area (TPSA) is 124 Å². The van der Waals surface area contributed by atoms with Crippen LogP contribution in [0.15, 0.2) is 54.7 Å². The number of nitrogens with one attached hydrogen (secondary N) is 2. The van der Waals surface area contributed by atoms with Gasteiger partial charge in [-0.25, -0.2) is 0 Å². The van der Waals surface area contributed by atoms with E-state index in [-0.39, 0.29) is 17.6 Å². The quantitative estimate of drug-likeness (QED) is 0.455. The van der Waals surface area contributed by atoms with E-state index in [1.165, 1.54) is 11.5 Å². The summed E-state index contributed by atoms with van der Waals surface area (Å²) in [7, 11) is 0. The van der Waals surface area contributed by atoms with Gasteiger partial charge >= 0.3 is 0 Å². The Morgan fingerprint density at radius 2 is 1.70 bits per heavy atom. The third kappa shape index (κ3) is 3.45. The molecule has 1 aliphatic rings. The van der Waals surface area contributed by atoms with Crippen LogP contribution in [0.25, 0.3) is 10.9 Å². The summed E-state index contributed by atoms with van der Waals surface area (Å²) in [4.78, 5) is 38.6. The lowest BCUT2D eigenvalue weighted by atomic mass is 10.0. The molecular formula is C21H20N4O5. The monoisotopic (exact) mass is 408 g/mol. The Labute approximate surface area is 171 Å². The first kappa shape index (κ1) is 19.8. The van der Waals surface area contributed by atoms with E-state index in [1.54, 1.807) is 54.7 Å². The summed E-state index contributed by atoms with van der Waals surface area (Å²) in [5.41, 5.74) is 1.79. The molecule has 2 aromatic carbocycles. The van der Waals surface area contributed by atoms with E-state index >= 15 is 0 Å². The van der Waals surface area contributed by atoms with E-state index in [2.05, 4.69) is 10.6 Å². The van der Waals surface area contributed by atoms with Crippen molar-refractivity contribution in [2.75, 3.05) is 5.32 Å². The number of para-hydroxylation sites is 2. The van der Waals surface area contributed by atoms with Crippen molar-refractivity contribution in [2.45, 2.75) is 25.4 Å². The molecule has 9 heteroatoms. The van der Waals surface area contributed by atoms with Crippen LogP contribution in [-0.4, -0.2) is 50.0 Å². The molecule has 9 nitrogen and oxygen atoms in total. The Morgan fingerprint density at radius 1 is 1.00 bits per heavy atom. The molecule has 1 aromatic heterocycles. The number of nitrogens with zero attached hydrogens (tertiary/aromatic N) is 2. The first-order chi connectivity index (χ1) is 14.4. The Kier molecular flexibility index (Phi) is 5.08. The van der Waals surface area contributed by atoms with Crippen molar-refractivity contribution >= 4 is 34.3 Å². The zero-order valence-corrected chi connectivity index (χ0v) is 16.1. The zero-order valence-electron chi connectivity index (χ0n) is 16.1. The second-order valence-corrected chi connectivity index (χ2v) is 7.15. The molecule has 0 radical (unpaired) electrons. The fourth-order valence-electron chi connectivity index (χ4n) is 3.59. The standard InChI is InChI=1S/C21H20N4O5/c1-12-19(26)23-16-8-4-2-7-15(16)21(28)24-11-13(14-6-3-5-9-17(14)24)10-18(25(29)30)20(27)22-12/h2-9,11-12,18,29-30H,10H2,1H3,(H,22,27)(H,23,26)/t12-,18-/m0/s1. The second-order valence-electron chi connectivity index (χ2n) is 7.15. The highest BCUT2D eigenvalue weighted by atomic mass is 16.8. The van der Waals surface area contributed by atoms with Crippen LogP contribution < -0.4 is 10.6 Å². The van der Waals surface area contributed by atoms with Crippen molar-refractivity contribution in [3.8, 4) is 0 Å². The van der Waals surface area contributed by atoms with E-state index in [0.29, 0.717) is 27.7 Å². The SMILES string of the molecule is C[C@@H]1NC(=O)[C@@H](N(O)O)Cc2cn(c3ccccc23)C(=O)c2ccccc2NC1=O. The third-order valence-electron chi connectivity index (χ3n) is 5.18. The van der Waals surface area contributed by atoms with E-state index in [1.807, 2.05) is 0 Å². The van der Waals surface area contributed by atoms with Crippen molar-refractivity contribution in [1.82, 2.24) is 15.1 Å². The molecule has 0 aliphatic carbocycles. The Balaban J connectivity index is 1.93. The number of anilines is 1. The summed E-state index contributed by atoms with van der Waals surface area (Å²) in [6.07, 6.45) is 1.49. The predicted molar refractivity (Wildman–Crippen MR) is 107 cm³/mol. The van der Waals surface area contributed by atoms with E-state index in [4.69, 9.17) is 0 Å². The first-order valence-electron chi connectivity index (χ1n) is 9.37. The van der Waals surface area contributed by atoms with E-state index in [9.17, 15) is 24.8 Å². The van der Waals surface area contributed by atoms with Gasteiger partial charge in [-0.15, -0.1) is 0 Å². The van der Waals surface area contributed by atoms with Crippen LogP contribution in [0.5, 0.6) is 0 Å². The number of carbonyl (C=O) groups is 3. The van der Waals surface area contributed by atoms with Crippen molar-refractivity contribution in [3.63, 3.8) is 0 Å². The minimum Gasteiger partial charge on any atom is -0.343 e. The first-order valence-corrected chi connectivity index (χ1v) is 9.37. The van der Waals surface area contributed by atoms with E-state index in [0.717, 1.165) is 0 Å². The van der Waals surface area contributed by atoms with Gasteiger partial charge in [-0.05, 0) is 30.7 Å². The van der Waals surface area contributed by atoms with Gasteiger partial charge in [0, 0.05) is 18.0 Å². The molecule has 0 saturated heterocycles. The molecular weight excluding hydrogens is 388 g/mol. The number of aromatic nitrogens is 1. The smallest absolute Gasteiger partial charge is 0.264 e. The largest absolute Gasteiger partial charge is 0.343 e. The third-order valence-corrected chi connectivity index (χ3v) is 5.18. The molecule has 0 saturated carbocycles.